The maximum Gasteiger partial charge on any atom is 0.411 e. The Bertz CT molecular complexity index is 1000. The number of hydrogen-bond acceptors (Lipinski definition) is 9. The fourth-order valence-electron chi connectivity index (χ4n) is 4.67. The van der Waals surface area contributed by atoms with Crippen molar-refractivity contribution in [2.75, 3.05) is 19.6 Å². The summed E-state index contributed by atoms with van der Waals surface area (Å²) >= 11 is 0. The lowest BCUT2D eigenvalue weighted by Gasteiger charge is -2.31. The number of nitrogens with zero attached hydrogens (tertiary/aromatic N) is 6. The molecular weight excluding hydrogens is 472 g/mol. The third-order valence-electron chi connectivity index (χ3n) is 6.30. The average Bonchev–Trinajstić information content (AvgIpc) is 3.47. The minimum atomic E-state index is -0.719. The first kappa shape index (κ1) is 26.0. The Morgan fingerprint density at radius 2 is 1.75 bits per heavy atom. The number of likely N-dealkylation sites (tertiary alicyclic amines) is 1. The van der Waals surface area contributed by atoms with Crippen LogP contribution in [-0.4, -0.2) is 96.3 Å². The van der Waals surface area contributed by atoms with Gasteiger partial charge in [-0.2, -0.15) is 0 Å². The normalized spacial score (nSPS) is 24.4. The van der Waals surface area contributed by atoms with Crippen molar-refractivity contribution in [3.63, 3.8) is 0 Å². The molecule has 0 radical (unpaired) electrons. The van der Waals surface area contributed by atoms with Crippen LogP contribution in [0.2, 0.25) is 0 Å². The van der Waals surface area contributed by atoms with Crippen molar-refractivity contribution in [2.24, 2.45) is 0 Å². The zero-order valence-electron chi connectivity index (χ0n) is 21.8. The van der Waals surface area contributed by atoms with Crippen molar-refractivity contribution in [1.82, 2.24) is 30.0 Å². The highest BCUT2D eigenvalue weighted by Gasteiger charge is 2.47. The van der Waals surface area contributed by atoms with Gasteiger partial charge in [-0.25, -0.2) is 19.4 Å². The quantitative estimate of drug-likeness (QED) is 0.607. The molecule has 0 saturated carbocycles. The van der Waals surface area contributed by atoms with E-state index >= 15 is 0 Å². The monoisotopic (exact) mass is 508 g/mol. The predicted molar refractivity (Wildman–Crippen MR) is 124 cm³/mol. The molecule has 3 atom stereocenters. The van der Waals surface area contributed by atoms with E-state index in [1.807, 2.05) is 0 Å². The van der Waals surface area contributed by atoms with E-state index in [4.69, 9.17) is 13.9 Å². The lowest BCUT2D eigenvalue weighted by molar-refractivity contribution is -0.0584. The Balaban J connectivity index is 1.48. The Hall–Kier alpha value is -3.09. The lowest BCUT2D eigenvalue weighted by Crippen LogP contribution is -2.45. The molecule has 2 bridgehead atoms. The van der Waals surface area contributed by atoms with Gasteiger partial charge < -0.3 is 23.7 Å². The molecular formula is C23H36N6O7. The van der Waals surface area contributed by atoms with Crippen LogP contribution in [0.4, 0.5) is 14.4 Å². The predicted octanol–water partition coefficient (Wildman–Crippen LogP) is 3.15. The topological polar surface area (TPSA) is 142 Å². The SMILES string of the molecule is CC(C)(C)OC(=O)N1CC[C@@H](N(Cc2nnc([C@@H]3CC[C@H]4CN3C(=O)N4O)o2)C(=O)OC(C)(C)C)C1. The minimum absolute atomic E-state index is 0.00977. The highest BCUT2D eigenvalue weighted by atomic mass is 16.6. The third kappa shape index (κ3) is 5.66. The van der Waals surface area contributed by atoms with Crippen LogP contribution in [0.5, 0.6) is 0 Å². The van der Waals surface area contributed by atoms with E-state index in [2.05, 4.69) is 10.2 Å². The van der Waals surface area contributed by atoms with Crippen LogP contribution in [0, 0.1) is 0 Å². The lowest BCUT2D eigenvalue weighted by atomic mass is 10.0. The van der Waals surface area contributed by atoms with Gasteiger partial charge in [0, 0.05) is 19.6 Å². The minimum Gasteiger partial charge on any atom is -0.444 e. The van der Waals surface area contributed by atoms with Gasteiger partial charge in [0.15, 0.2) is 0 Å². The molecule has 3 fully saturated rings. The van der Waals surface area contributed by atoms with Gasteiger partial charge in [0.05, 0.1) is 12.1 Å². The Morgan fingerprint density at radius 3 is 2.42 bits per heavy atom. The molecule has 0 unspecified atom stereocenters. The van der Waals surface area contributed by atoms with E-state index in [-0.39, 0.29) is 37.0 Å². The highest BCUT2D eigenvalue weighted by Crippen LogP contribution is 2.37. The van der Waals surface area contributed by atoms with E-state index in [0.29, 0.717) is 32.4 Å². The molecule has 1 N–H and O–H groups in total. The van der Waals surface area contributed by atoms with Crippen LogP contribution in [0.25, 0.3) is 0 Å². The number of carbonyl (C=O) groups is 3. The molecule has 36 heavy (non-hydrogen) atoms. The summed E-state index contributed by atoms with van der Waals surface area (Å²) in [4.78, 5) is 42.6. The number of ether oxygens (including phenoxy) is 2. The summed E-state index contributed by atoms with van der Waals surface area (Å²) < 4.78 is 17.0. The number of piperidine rings is 1. The van der Waals surface area contributed by atoms with Crippen LogP contribution >= 0.6 is 0 Å². The summed E-state index contributed by atoms with van der Waals surface area (Å²) in [5.41, 5.74) is -1.34. The largest absolute Gasteiger partial charge is 0.444 e. The van der Waals surface area contributed by atoms with Gasteiger partial charge in [-0.3, -0.25) is 10.1 Å². The van der Waals surface area contributed by atoms with Crippen LogP contribution < -0.4 is 0 Å². The summed E-state index contributed by atoms with van der Waals surface area (Å²) in [7, 11) is 0. The van der Waals surface area contributed by atoms with Gasteiger partial charge in [0.1, 0.15) is 23.8 Å². The fraction of sp³-hybridized carbons (Fsp3) is 0.783. The van der Waals surface area contributed by atoms with E-state index in [1.165, 1.54) is 9.80 Å². The summed E-state index contributed by atoms with van der Waals surface area (Å²) in [6.07, 6.45) is 0.756. The first-order chi connectivity index (χ1) is 16.7. The van der Waals surface area contributed by atoms with Crippen molar-refractivity contribution in [3.8, 4) is 0 Å². The fourth-order valence-corrected chi connectivity index (χ4v) is 4.67. The average molecular weight is 509 g/mol. The molecule has 4 amide bonds. The van der Waals surface area contributed by atoms with E-state index < -0.39 is 35.5 Å². The second kappa shape index (κ2) is 9.41. The van der Waals surface area contributed by atoms with Gasteiger partial charge in [-0.1, -0.05) is 0 Å². The smallest absolute Gasteiger partial charge is 0.411 e. The number of aromatic nitrogens is 2. The van der Waals surface area contributed by atoms with E-state index in [0.717, 1.165) is 5.06 Å². The molecule has 4 heterocycles. The summed E-state index contributed by atoms with van der Waals surface area (Å²) in [5, 5.41) is 19.0. The van der Waals surface area contributed by atoms with Crippen LogP contribution in [0.15, 0.2) is 4.42 Å². The summed E-state index contributed by atoms with van der Waals surface area (Å²) in [5.74, 6) is 0.458. The molecule has 13 nitrogen and oxygen atoms in total. The standard InChI is InChI=1S/C23H36N6O7/c1-22(2,3)35-20(31)26-10-9-14(11-26)27(21(32)36-23(4,5)6)13-17-24-25-18(34-17)16-8-7-15-12-28(16)19(30)29(15)33/h14-16,33H,7-13H2,1-6H3/t14-,15+,16+/m1/s1. The van der Waals surface area contributed by atoms with Crippen LogP contribution in [0.1, 0.15) is 78.6 Å². The maximum atomic E-state index is 13.1. The van der Waals surface area contributed by atoms with Gasteiger partial charge in [0.2, 0.25) is 11.8 Å². The van der Waals surface area contributed by atoms with Crippen LogP contribution in [0.3, 0.4) is 0 Å². The van der Waals surface area contributed by atoms with Gasteiger partial charge in [-0.15, -0.1) is 10.2 Å². The molecule has 3 aliphatic heterocycles. The molecule has 1 aromatic heterocycles. The molecule has 3 aliphatic rings. The highest BCUT2D eigenvalue weighted by molar-refractivity contribution is 5.76. The van der Waals surface area contributed by atoms with Crippen molar-refractivity contribution in [2.45, 2.75) is 96.7 Å². The number of fused-ring (bicyclic) bond motifs is 2. The third-order valence-corrected chi connectivity index (χ3v) is 6.30. The Morgan fingerprint density at radius 1 is 1.06 bits per heavy atom. The number of rotatable bonds is 4. The Labute approximate surface area is 210 Å². The molecule has 0 spiro atoms. The second-order valence-corrected chi connectivity index (χ2v) is 11.5. The van der Waals surface area contributed by atoms with Crippen molar-refractivity contribution < 1.29 is 33.5 Å². The maximum absolute atomic E-state index is 13.1. The molecule has 1 aromatic rings. The molecule has 200 valence electrons. The van der Waals surface area contributed by atoms with Crippen molar-refractivity contribution in [1.29, 1.82) is 0 Å². The number of amides is 4. The van der Waals surface area contributed by atoms with Crippen LogP contribution in [-0.2, 0) is 16.0 Å². The molecule has 0 aromatic carbocycles. The second-order valence-electron chi connectivity index (χ2n) is 11.5. The molecule has 3 saturated heterocycles. The van der Waals surface area contributed by atoms with Gasteiger partial charge in [0.25, 0.3) is 0 Å². The number of carbonyl (C=O) groups excluding carboxylic acids is 3. The Kier molecular flexibility index (Phi) is 6.80. The number of hydroxylamine groups is 2. The van der Waals surface area contributed by atoms with Gasteiger partial charge in [-0.05, 0) is 60.8 Å². The first-order valence-electron chi connectivity index (χ1n) is 12.3. The summed E-state index contributed by atoms with van der Waals surface area (Å²) in [6, 6.07) is -1.47. The molecule has 0 aliphatic carbocycles. The van der Waals surface area contributed by atoms with Gasteiger partial charge >= 0.3 is 18.2 Å². The molecule has 13 heteroatoms. The number of hydrogen-bond donors (Lipinski definition) is 1. The summed E-state index contributed by atoms with van der Waals surface area (Å²) in [6.45, 7) is 11.9. The zero-order chi connectivity index (χ0) is 26.4. The van der Waals surface area contributed by atoms with E-state index in [1.54, 1.807) is 46.4 Å². The van der Waals surface area contributed by atoms with Crippen molar-refractivity contribution >= 4 is 18.2 Å². The molecule has 4 rings (SSSR count). The zero-order valence-corrected chi connectivity index (χ0v) is 21.8. The first-order valence-corrected chi connectivity index (χ1v) is 12.3. The van der Waals surface area contributed by atoms with Crippen molar-refractivity contribution in [3.05, 3.63) is 11.8 Å². The van der Waals surface area contributed by atoms with E-state index in [9.17, 15) is 19.6 Å². The number of urea groups is 1.